The first-order valence-electron chi connectivity index (χ1n) is 10.6. The molecule has 6 heteroatoms. The highest BCUT2D eigenvalue weighted by Crippen LogP contribution is 2.27. The molecule has 0 spiro atoms. The molecule has 4 rings (SSSR count). The van der Waals surface area contributed by atoms with Crippen molar-refractivity contribution in [1.82, 2.24) is 15.1 Å². The van der Waals surface area contributed by atoms with Gasteiger partial charge in [-0.05, 0) is 31.9 Å². The van der Waals surface area contributed by atoms with E-state index in [2.05, 4.69) is 17.1 Å². The van der Waals surface area contributed by atoms with Crippen LogP contribution in [0.3, 0.4) is 0 Å². The second-order valence-electron chi connectivity index (χ2n) is 7.94. The highest BCUT2D eigenvalue weighted by molar-refractivity contribution is 5.96. The zero-order valence-electron chi connectivity index (χ0n) is 17.2. The van der Waals surface area contributed by atoms with Crippen molar-refractivity contribution in [2.24, 2.45) is 0 Å². The molecular formula is C23H29N3O3. The van der Waals surface area contributed by atoms with Crippen LogP contribution in [-0.2, 0) is 16.0 Å². The van der Waals surface area contributed by atoms with Gasteiger partial charge in [0.25, 0.3) is 0 Å². The van der Waals surface area contributed by atoms with Gasteiger partial charge in [-0.25, -0.2) is 0 Å². The Morgan fingerprint density at radius 2 is 1.93 bits per heavy atom. The summed E-state index contributed by atoms with van der Waals surface area (Å²) in [5.74, 6) is 1.01. The average Bonchev–Trinajstić information content (AvgIpc) is 3.49. The summed E-state index contributed by atoms with van der Waals surface area (Å²) < 4.78 is 5.90. The second-order valence-corrected chi connectivity index (χ2v) is 7.94. The third-order valence-electron chi connectivity index (χ3n) is 5.90. The van der Waals surface area contributed by atoms with Crippen molar-refractivity contribution >= 4 is 28.9 Å². The molecule has 1 aromatic heterocycles. The molecule has 6 nitrogen and oxygen atoms in total. The maximum absolute atomic E-state index is 12.7. The quantitative estimate of drug-likeness (QED) is 0.764. The first-order chi connectivity index (χ1) is 14.1. The Labute approximate surface area is 171 Å². The topological polar surface area (TPSA) is 65.8 Å². The van der Waals surface area contributed by atoms with E-state index in [1.54, 1.807) is 6.08 Å². The highest BCUT2D eigenvalue weighted by Gasteiger charge is 2.30. The van der Waals surface area contributed by atoms with Crippen LogP contribution in [0.2, 0.25) is 0 Å². The zero-order chi connectivity index (χ0) is 20.4. The van der Waals surface area contributed by atoms with Crippen LogP contribution in [0.5, 0.6) is 0 Å². The minimum atomic E-state index is -0.146. The first-order valence-corrected chi connectivity index (χ1v) is 10.6. The number of rotatable bonds is 6. The number of benzene rings is 1. The lowest BCUT2D eigenvalue weighted by atomic mass is 10.1. The lowest BCUT2D eigenvalue weighted by molar-refractivity contribution is -0.130. The molecule has 0 bridgehead atoms. The normalized spacial score (nSPS) is 19.0. The standard InChI is InChI=1S/C23H29N3O3/c1-3-20-19(18-6-4-5-7-21(18)29-20)10-11-22(27)26-14-12-25(13-15-26)16(2)23(28)24-17-8-9-17/h4-7,10-11,16-17H,3,8-9,12-15H2,1-2H3,(H,24,28)/b11-10+. The molecular weight excluding hydrogens is 366 g/mol. The molecule has 2 amide bonds. The number of carbonyl (C=O) groups excluding carboxylic acids is 2. The second kappa shape index (κ2) is 8.41. The summed E-state index contributed by atoms with van der Waals surface area (Å²) >= 11 is 0. The molecule has 1 aliphatic heterocycles. The number of para-hydroxylation sites is 1. The molecule has 154 valence electrons. The summed E-state index contributed by atoms with van der Waals surface area (Å²) in [5.41, 5.74) is 1.84. The molecule has 1 saturated carbocycles. The number of hydrogen-bond donors (Lipinski definition) is 1. The van der Waals surface area contributed by atoms with Gasteiger partial charge >= 0.3 is 0 Å². The number of nitrogens with zero attached hydrogens (tertiary/aromatic N) is 2. The molecule has 2 heterocycles. The SMILES string of the molecule is CCc1oc2ccccc2c1/C=C/C(=O)N1CCN(C(C)C(=O)NC2CC2)CC1. The summed E-state index contributed by atoms with van der Waals surface area (Å²) in [7, 11) is 0. The van der Waals surface area contributed by atoms with Gasteiger partial charge in [0.05, 0.1) is 6.04 Å². The van der Waals surface area contributed by atoms with E-state index in [1.165, 1.54) is 0 Å². The molecule has 1 unspecified atom stereocenters. The predicted molar refractivity (Wildman–Crippen MR) is 113 cm³/mol. The van der Waals surface area contributed by atoms with Crippen molar-refractivity contribution in [2.45, 2.75) is 45.2 Å². The molecule has 2 aliphatic rings. The van der Waals surface area contributed by atoms with Crippen LogP contribution < -0.4 is 5.32 Å². The van der Waals surface area contributed by atoms with Crippen molar-refractivity contribution in [2.75, 3.05) is 26.2 Å². The van der Waals surface area contributed by atoms with Gasteiger partial charge in [-0.3, -0.25) is 14.5 Å². The summed E-state index contributed by atoms with van der Waals surface area (Å²) in [4.78, 5) is 29.0. The van der Waals surface area contributed by atoms with Crippen molar-refractivity contribution < 1.29 is 14.0 Å². The molecule has 2 fully saturated rings. The lowest BCUT2D eigenvalue weighted by Crippen LogP contribution is -2.55. The number of piperazine rings is 1. The number of aryl methyl sites for hydroxylation is 1. The Hall–Kier alpha value is -2.60. The Kier molecular flexibility index (Phi) is 5.72. The van der Waals surface area contributed by atoms with Gasteiger partial charge in [-0.15, -0.1) is 0 Å². The fourth-order valence-corrected chi connectivity index (χ4v) is 3.87. The van der Waals surface area contributed by atoms with Crippen molar-refractivity contribution in [3.8, 4) is 0 Å². The Balaban J connectivity index is 1.36. The largest absolute Gasteiger partial charge is 0.460 e. The van der Waals surface area contributed by atoms with Crippen LogP contribution in [-0.4, -0.2) is 59.9 Å². The van der Waals surface area contributed by atoms with Crippen molar-refractivity contribution in [3.05, 3.63) is 41.7 Å². The zero-order valence-corrected chi connectivity index (χ0v) is 17.2. The average molecular weight is 396 g/mol. The molecule has 0 radical (unpaired) electrons. The summed E-state index contributed by atoms with van der Waals surface area (Å²) in [6.45, 7) is 6.71. The summed E-state index contributed by atoms with van der Waals surface area (Å²) in [6, 6.07) is 8.14. The van der Waals surface area contributed by atoms with Crippen LogP contribution in [0.25, 0.3) is 17.0 Å². The maximum Gasteiger partial charge on any atom is 0.246 e. The van der Waals surface area contributed by atoms with E-state index in [0.29, 0.717) is 32.2 Å². The van der Waals surface area contributed by atoms with Gasteiger partial charge in [0.1, 0.15) is 11.3 Å². The van der Waals surface area contributed by atoms with Gasteiger partial charge < -0.3 is 14.6 Å². The van der Waals surface area contributed by atoms with Crippen LogP contribution in [0.4, 0.5) is 0 Å². The summed E-state index contributed by atoms with van der Waals surface area (Å²) in [6.07, 6.45) is 6.50. The third-order valence-corrected chi connectivity index (χ3v) is 5.90. The fraction of sp³-hybridized carbons (Fsp3) is 0.478. The minimum absolute atomic E-state index is 0.00655. The minimum Gasteiger partial charge on any atom is -0.460 e. The fourth-order valence-electron chi connectivity index (χ4n) is 3.87. The smallest absolute Gasteiger partial charge is 0.246 e. The molecule has 2 aromatic rings. The van der Waals surface area contributed by atoms with Gasteiger partial charge in [-0.1, -0.05) is 25.1 Å². The van der Waals surface area contributed by atoms with Crippen molar-refractivity contribution in [1.29, 1.82) is 0 Å². The van der Waals surface area contributed by atoms with Crippen LogP contribution in [0.15, 0.2) is 34.8 Å². The van der Waals surface area contributed by atoms with E-state index >= 15 is 0 Å². The van der Waals surface area contributed by atoms with E-state index in [-0.39, 0.29) is 17.9 Å². The van der Waals surface area contributed by atoms with Crippen molar-refractivity contribution in [3.63, 3.8) is 0 Å². The first kappa shape index (κ1) is 19.7. The molecule has 1 saturated heterocycles. The van der Waals surface area contributed by atoms with E-state index in [4.69, 9.17) is 4.42 Å². The molecule has 1 N–H and O–H groups in total. The lowest BCUT2D eigenvalue weighted by Gasteiger charge is -2.37. The molecule has 1 aromatic carbocycles. The Morgan fingerprint density at radius 3 is 2.62 bits per heavy atom. The maximum atomic E-state index is 12.7. The van der Waals surface area contributed by atoms with Crippen LogP contribution in [0, 0.1) is 0 Å². The van der Waals surface area contributed by atoms with E-state index in [0.717, 1.165) is 41.6 Å². The highest BCUT2D eigenvalue weighted by atomic mass is 16.3. The molecule has 29 heavy (non-hydrogen) atoms. The van der Waals surface area contributed by atoms with E-state index in [9.17, 15) is 9.59 Å². The van der Waals surface area contributed by atoms with Gasteiger partial charge in [0.15, 0.2) is 0 Å². The third kappa shape index (κ3) is 4.37. The monoisotopic (exact) mass is 395 g/mol. The Morgan fingerprint density at radius 1 is 1.21 bits per heavy atom. The Bertz CT molecular complexity index is 921. The number of nitrogens with one attached hydrogen (secondary N) is 1. The van der Waals surface area contributed by atoms with E-state index < -0.39 is 0 Å². The number of fused-ring (bicyclic) bond motifs is 1. The molecule has 1 aliphatic carbocycles. The van der Waals surface area contributed by atoms with Gasteiger partial charge in [-0.2, -0.15) is 0 Å². The van der Waals surface area contributed by atoms with Crippen LogP contribution >= 0.6 is 0 Å². The molecule has 1 atom stereocenters. The summed E-state index contributed by atoms with van der Waals surface area (Å²) in [5, 5.41) is 4.10. The number of carbonyl (C=O) groups is 2. The van der Waals surface area contributed by atoms with Crippen LogP contribution in [0.1, 0.15) is 38.0 Å². The van der Waals surface area contributed by atoms with E-state index in [1.807, 2.05) is 42.2 Å². The predicted octanol–water partition coefficient (Wildman–Crippen LogP) is 2.82. The number of amides is 2. The number of hydrogen-bond acceptors (Lipinski definition) is 4. The van der Waals surface area contributed by atoms with Gasteiger partial charge in [0, 0.05) is 55.7 Å². The van der Waals surface area contributed by atoms with Gasteiger partial charge in [0.2, 0.25) is 11.8 Å². The number of furan rings is 1.